The third kappa shape index (κ3) is 3.61. The third-order valence-corrected chi connectivity index (χ3v) is 4.71. The summed E-state index contributed by atoms with van der Waals surface area (Å²) in [7, 11) is 0. The molecule has 0 bridgehead atoms. The fourth-order valence-corrected chi connectivity index (χ4v) is 3.39. The summed E-state index contributed by atoms with van der Waals surface area (Å²) in [6, 6.07) is 4.00. The first-order valence-corrected chi connectivity index (χ1v) is 8.00. The molecule has 1 unspecified atom stereocenters. The van der Waals surface area contributed by atoms with Crippen LogP contribution in [-0.4, -0.2) is 0 Å². The van der Waals surface area contributed by atoms with Gasteiger partial charge < -0.3 is 10.2 Å². The van der Waals surface area contributed by atoms with Crippen LogP contribution in [0.3, 0.4) is 0 Å². The Morgan fingerprint density at radius 1 is 1.33 bits per heavy atom. The molecule has 1 aromatic heterocycles. The molecular weight excluding hydrogens is 290 g/mol. The first-order valence-electron chi connectivity index (χ1n) is 7.21. The molecule has 0 saturated heterocycles. The van der Waals surface area contributed by atoms with E-state index in [2.05, 4.69) is 22.9 Å². The van der Waals surface area contributed by atoms with E-state index >= 15 is 0 Å². The lowest BCUT2D eigenvalue weighted by molar-refractivity contribution is 0.219. The maximum atomic E-state index is 6.31. The minimum absolute atomic E-state index is 0.0726. The molecule has 1 atom stereocenters. The summed E-state index contributed by atoms with van der Waals surface area (Å²) in [4.78, 5) is 0. The Morgan fingerprint density at radius 3 is 2.61 bits per heavy atom. The van der Waals surface area contributed by atoms with Crippen molar-refractivity contribution in [3.63, 3.8) is 0 Å². The quantitative estimate of drug-likeness (QED) is 0.827. The van der Waals surface area contributed by atoms with E-state index in [1.807, 2.05) is 12.1 Å². The maximum Gasteiger partial charge on any atom is 0.169 e. The zero-order valence-electron chi connectivity index (χ0n) is 11.2. The molecule has 1 heterocycles. The van der Waals surface area contributed by atoms with Gasteiger partial charge in [-0.2, -0.15) is 0 Å². The summed E-state index contributed by atoms with van der Waals surface area (Å²) >= 11 is 3.34. The zero-order valence-corrected chi connectivity index (χ0v) is 12.8. The van der Waals surface area contributed by atoms with Gasteiger partial charge >= 0.3 is 0 Å². The van der Waals surface area contributed by atoms with Crippen molar-refractivity contribution < 1.29 is 4.42 Å². The van der Waals surface area contributed by atoms with Crippen molar-refractivity contribution in [3.05, 3.63) is 22.6 Å². The second kappa shape index (κ2) is 6.76. The van der Waals surface area contributed by atoms with Gasteiger partial charge in [0, 0.05) is 0 Å². The van der Waals surface area contributed by atoms with Crippen molar-refractivity contribution in [2.24, 2.45) is 17.6 Å². The van der Waals surface area contributed by atoms with Gasteiger partial charge in [-0.15, -0.1) is 0 Å². The molecule has 18 heavy (non-hydrogen) atoms. The number of furan rings is 1. The van der Waals surface area contributed by atoms with E-state index in [1.165, 1.54) is 44.9 Å². The van der Waals surface area contributed by atoms with E-state index in [-0.39, 0.29) is 6.04 Å². The van der Waals surface area contributed by atoms with Crippen molar-refractivity contribution in [1.82, 2.24) is 0 Å². The number of hydrogen-bond donors (Lipinski definition) is 1. The summed E-state index contributed by atoms with van der Waals surface area (Å²) in [5.74, 6) is 2.47. The Morgan fingerprint density at radius 2 is 2.06 bits per heavy atom. The highest BCUT2D eigenvalue weighted by atomic mass is 79.9. The standard InChI is InChI=1S/C15H24BrNO/c1-2-3-4-11-5-7-12(8-6-11)15(17)13-9-10-14(16)18-13/h9-12,15H,2-8,17H2,1H3. The van der Waals surface area contributed by atoms with Gasteiger partial charge in [-0.1, -0.05) is 39.0 Å². The topological polar surface area (TPSA) is 39.2 Å². The predicted molar refractivity (Wildman–Crippen MR) is 78.3 cm³/mol. The Balaban J connectivity index is 1.82. The van der Waals surface area contributed by atoms with E-state index in [4.69, 9.17) is 10.2 Å². The minimum Gasteiger partial charge on any atom is -0.453 e. The molecule has 2 nitrogen and oxygen atoms in total. The average molecular weight is 314 g/mol. The summed E-state index contributed by atoms with van der Waals surface area (Å²) in [6.07, 6.45) is 9.32. The van der Waals surface area contributed by atoms with Gasteiger partial charge in [0.25, 0.3) is 0 Å². The number of halogens is 1. The van der Waals surface area contributed by atoms with Crippen molar-refractivity contribution in [2.45, 2.75) is 57.9 Å². The number of rotatable bonds is 5. The first kappa shape index (κ1) is 14.1. The SMILES string of the molecule is CCCCC1CCC(C(N)c2ccc(Br)o2)CC1. The molecule has 2 rings (SSSR count). The van der Waals surface area contributed by atoms with Gasteiger partial charge in [0.1, 0.15) is 5.76 Å². The molecule has 3 heteroatoms. The lowest BCUT2D eigenvalue weighted by Gasteiger charge is -2.31. The van der Waals surface area contributed by atoms with Gasteiger partial charge in [-0.25, -0.2) is 0 Å². The highest BCUT2D eigenvalue weighted by molar-refractivity contribution is 9.10. The molecule has 0 aromatic carbocycles. The number of unbranched alkanes of at least 4 members (excludes halogenated alkanes) is 1. The smallest absolute Gasteiger partial charge is 0.169 e. The fourth-order valence-electron chi connectivity index (χ4n) is 3.07. The Kier molecular flexibility index (Phi) is 5.31. The molecule has 1 saturated carbocycles. The molecule has 1 aliphatic rings. The van der Waals surface area contributed by atoms with E-state index in [0.29, 0.717) is 5.92 Å². The summed E-state index contributed by atoms with van der Waals surface area (Å²) in [6.45, 7) is 2.27. The van der Waals surface area contributed by atoms with E-state index in [0.717, 1.165) is 16.3 Å². The molecule has 0 spiro atoms. The van der Waals surface area contributed by atoms with Crippen LogP contribution in [-0.2, 0) is 0 Å². The van der Waals surface area contributed by atoms with Gasteiger partial charge in [0.05, 0.1) is 6.04 Å². The van der Waals surface area contributed by atoms with E-state index < -0.39 is 0 Å². The number of hydrogen-bond acceptors (Lipinski definition) is 2. The van der Waals surface area contributed by atoms with Crippen LogP contribution in [0.4, 0.5) is 0 Å². The van der Waals surface area contributed by atoms with Gasteiger partial charge in [-0.05, 0) is 52.7 Å². The normalized spacial score (nSPS) is 26.2. The lowest BCUT2D eigenvalue weighted by atomic mass is 9.76. The van der Waals surface area contributed by atoms with Crippen molar-refractivity contribution in [3.8, 4) is 0 Å². The van der Waals surface area contributed by atoms with Crippen molar-refractivity contribution in [1.29, 1.82) is 0 Å². The average Bonchev–Trinajstić information content (AvgIpc) is 2.83. The van der Waals surface area contributed by atoms with Gasteiger partial charge in [0.15, 0.2) is 4.67 Å². The third-order valence-electron chi connectivity index (χ3n) is 4.29. The lowest BCUT2D eigenvalue weighted by Crippen LogP contribution is -2.25. The van der Waals surface area contributed by atoms with E-state index in [1.54, 1.807) is 0 Å². The second-order valence-electron chi connectivity index (χ2n) is 5.59. The van der Waals surface area contributed by atoms with Crippen LogP contribution in [0.15, 0.2) is 21.2 Å². The highest BCUT2D eigenvalue weighted by Gasteiger charge is 2.27. The molecule has 1 aliphatic carbocycles. The van der Waals surface area contributed by atoms with Crippen LogP contribution in [0.5, 0.6) is 0 Å². The molecule has 102 valence electrons. The summed E-state index contributed by atoms with van der Waals surface area (Å²) in [5.41, 5.74) is 6.31. The summed E-state index contributed by atoms with van der Waals surface area (Å²) in [5, 5.41) is 0. The van der Waals surface area contributed by atoms with Gasteiger partial charge in [-0.3, -0.25) is 0 Å². The highest BCUT2D eigenvalue weighted by Crippen LogP contribution is 2.38. The van der Waals surface area contributed by atoms with Crippen LogP contribution < -0.4 is 5.73 Å². The molecule has 0 amide bonds. The molecule has 2 N–H and O–H groups in total. The first-order chi connectivity index (χ1) is 8.70. The van der Waals surface area contributed by atoms with Crippen LogP contribution in [0.25, 0.3) is 0 Å². The Labute approximate surface area is 118 Å². The van der Waals surface area contributed by atoms with Gasteiger partial charge in [0.2, 0.25) is 0 Å². The maximum absolute atomic E-state index is 6.31. The monoisotopic (exact) mass is 313 g/mol. The molecule has 1 fully saturated rings. The molecular formula is C15H24BrNO. The minimum atomic E-state index is 0.0726. The van der Waals surface area contributed by atoms with Crippen LogP contribution in [0.1, 0.15) is 63.7 Å². The van der Waals surface area contributed by atoms with E-state index in [9.17, 15) is 0 Å². The Hall–Kier alpha value is -0.280. The predicted octanol–water partition coefficient (Wildman–Crippen LogP) is 5.04. The van der Waals surface area contributed by atoms with Crippen molar-refractivity contribution in [2.75, 3.05) is 0 Å². The zero-order chi connectivity index (χ0) is 13.0. The molecule has 1 aromatic rings. The fraction of sp³-hybridized carbons (Fsp3) is 0.733. The largest absolute Gasteiger partial charge is 0.453 e. The van der Waals surface area contributed by atoms with Crippen LogP contribution in [0.2, 0.25) is 0 Å². The van der Waals surface area contributed by atoms with Crippen LogP contribution >= 0.6 is 15.9 Å². The molecule has 0 aliphatic heterocycles. The number of nitrogens with two attached hydrogens (primary N) is 1. The summed E-state index contributed by atoms with van der Waals surface area (Å²) < 4.78 is 6.36. The molecule has 0 radical (unpaired) electrons. The second-order valence-corrected chi connectivity index (χ2v) is 6.37. The van der Waals surface area contributed by atoms with Crippen LogP contribution in [0, 0.1) is 11.8 Å². The van der Waals surface area contributed by atoms with Crippen molar-refractivity contribution >= 4 is 15.9 Å². The Bertz CT molecular complexity index is 355.